The molecule has 30 heavy (non-hydrogen) atoms. The predicted octanol–water partition coefficient (Wildman–Crippen LogP) is 3.79. The van der Waals surface area contributed by atoms with Gasteiger partial charge in [0.25, 0.3) is 5.91 Å². The highest BCUT2D eigenvalue weighted by Crippen LogP contribution is 2.38. The molecule has 2 aromatic rings. The third-order valence-electron chi connectivity index (χ3n) is 5.13. The number of hydrogen-bond acceptors (Lipinski definition) is 5. The first-order chi connectivity index (χ1) is 14.4. The zero-order chi connectivity index (χ0) is 21.2. The molecular weight excluding hydrogens is 403 g/mol. The lowest BCUT2D eigenvalue weighted by atomic mass is 9.82. The Labute approximate surface area is 170 Å². The molecule has 0 aromatic heterocycles. The van der Waals surface area contributed by atoms with E-state index in [2.05, 4.69) is 10.1 Å². The number of carbonyl (C=O) groups is 1. The third-order valence-corrected chi connectivity index (χ3v) is 5.13. The van der Waals surface area contributed by atoms with E-state index >= 15 is 0 Å². The summed E-state index contributed by atoms with van der Waals surface area (Å²) in [6.07, 6.45) is -3.99. The molecule has 2 heterocycles. The van der Waals surface area contributed by atoms with E-state index in [-0.39, 0.29) is 5.75 Å². The van der Waals surface area contributed by atoms with E-state index < -0.39 is 17.8 Å². The van der Waals surface area contributed by atoms with Gasteiger partial charge in [-0.3, -0.25) is 4.79 Å². The van der Waals surface area contributed by atoms with Crippen LogP contribution in [0.5, 0.6) is 17.2 Å². The Kier molecular flexibility index (Phi) is 5.46. The number of halogens is 3. The van der Waals surface area contributed by atoms with Crippen molar-refractivity contribution in [3.63, 3.8) is 0 Å². The summed E-state index contributed by atoms with van der Waals surface area (Å²) in [5.41, 5.74) is -0.0814. The Morgan fingerprint density at radius 1 is 1.00 bits per heavy atom. The van der Waals surface area contributed by atoms with Crippen molar-refractivity contribution >= 4 is 5.91 Å². The third kappa shape index (κ3) is 4.30. The Morgan fingerprint density at radius 3 is 2.50 bits per heavy atom. The standard InChI is InChI=1S/C21H20F3NO5/c22-21(23,24)30-15-4-1-3-14(13-15)20(7-9-27-10-8-20)25-19(26)16-5-2-6-17-18(16)29-12-11-28-17/h1-6,13H,7-12H2,(H,25,26). The number of ether oxygens (including phenoxy) is 4. The molecule has 9 heteroatoms. The van der Waals surface area contributed by atoms with Crippen LogP contribution in [0.15, 0.2) is 42.5 Å². The summed E-state index contributed by atoms with van der Waals surface area (Å²) in [4.78, 5) is 13.2. The lowest BCUT2D eigenvalue weighted by molar-refractivity contribution is -0.274. The van der Waals surface area contributed by atoms with E-state index in [1.54, 1.807) is 24.3 Å². The van der Waals surface area contributed by atoms with Crippen LogP contribution in [0.1, 0.15) is 28.8 Å². The van der Waals surface area contributed by atoms with E-state index in [1.807, 2.05) is 0 Å². The number of rotatable bonds is 4. The molecule has 2 aliphatic rings. The lowest BCUT2D eigenvalue weighted by Crippen LogP contribution is -2.49. The Balaban J connectivity index is 1.65. The Hall–Kier alpha value is -2.94. The number of alkyl halides is 3. The van der Waals surface area contributed by atoms with Gasteiger partial charge in [-0.15, -0.1) is 13.2 Å². The zero-order valence-electron chi connectivity index (χ0n) is 16.0. The Bertz CT molecular complexity index is 925. The van der Waals surface area contributed by atoms with Gasteiger partial charge in [0.05, 0.1) is 11.1 Å². The number of para-hydroxylation sites is 1. The molecule has 2 aliphatic heterocycles. The predicted molar refractivity (Wildman–Crippen MR) is 99.8 cm³/mol. The van der Waals surface area contributed by atoms with Crippen molar-refractivity contribution in [3.05, 3.63) is 53.6 Å². The van der Waals surface area contributed by atoms with E-state index in [1.165, 1.54) is 18.2 Å². The van der Waals surface area contributed by atoms with Gasteiger partial charge in [-0.05, 0) is 42.7 Å². The van der Waals surface area contributed by atoms with Gasteiger partial charge in [-0.2, -0.15) is 0 Å². The molecule has 160 valence electrons. The van der Waals surface area contributed by atoms with Crippen molar-refractivity contribution in [2.75, 3.05) is 26.4 Å². The fourth-order valence-electron chi connectivity index (χ4n) is 3.73. The van der Waals surface area contributed by atoms with Crippen molar-refractivity contribution in [2.45, 2.75) is 24.7 Å². The summed E-state index contributed by atoms with van der Waals surface area (Å²) >= 11 is 0. The zero-order valence-corrected chi connectivity index (χ0v) is 16.0. The fraction of sp³-hybridized carbons (Fsp3) is 0.381. The van der Waals surface area contributed by atoms with Gasteiger partial charge in [-0.25, -0.2) is 0 Å². The SMILES string of the molecule is O=C(NC1(c2cccc(OC(F)(F)F)c2)CCOCC1)c1cccc2c1OCCO2. The van der Waals surface area contributed by atoms with Crippen LogP contribution in [0.2, 0.25) is 0 Å². The first-order valence-electron chi connectivity index (χ1n) is 9.51. The normalized spacial score (nSPS) is 17.8. The number of hydrogen-bond donors (Lipinski definition) is 1. The minimum Gasteiger partial charge on any atom is -0.486 e. The van der Waals surface area contributed by atoms with Crippen LogP contribution in [-0.4, -0.2) is 38.7 Å². The molecular formula is C21H20F3NO5. The minimum absolute atomic E-state index is 0.306. The van der Waals surface area contributed by atoms with Crippen LogP contribution in [-0.2, 0) is 10.3 Å². The van der Waals surface area contributed by atoms with Crippen molar-refractivity contribution in [2.24, 2.45) is 0 Å². The Morgan fingerprint density at radius 2 is 1.73 bits per heavy atom. The lowest BCUT2D eigenvalue weighted by Gasteiger charge is -2.39. The molecule has 0 radical (unpaired) electrons. The molecule has 0 spiro atoms. The highest BCUT2D eigenvalue weighted by molar-refractivity contribution is 5.98. The molecule has 0 saturated carbocycles. The maximum absolute atomic E-state index is 13.2. The van der Waals surface area contributed by atoms with E-state index in [0.717, 1.165) is 0 Å². The van der Waals surface area contributed by atoms with Crippen LogP contribution in [0.25, 0.3) is 0 Å². The largest absolute Gasteiger partial charge is 0.573 e. The second kappa shape index (κ2) is 8.06. The van der Waals surface area contributed by atoms with Gasteiger partial charge >= 0.3 is 6.36 Å². The summed E-state index contributed by atoms with van der Waals surface area (Å²) in [6.45, 7) is 1.44. The fourth-order valence-corrected chi connectivity index (χ4v) is 3.73. The summed E-state index contributed by atoms with van der Waals surface area (Å²) in [5.74, 6) is 0.100. The van der Waals surface area contributed by atoms with Gasteiger partial charge in [0.1, 0.15) is 19.0 Å². The minimum atomic E-state index is -4.80. The quantitative estimate of drug-likeness (QED) is 0.811. The van der Waals surface area contributed by atoms with Crippen molar-refractivity contribution in [1.82, 2.24) is 5.32 Å². The van der Waals surface area contributed by atoms with Gasteiger partial charge in [0, 0.05) is 13.2 Å². The molecule has 2 aromatic carbocycles. The number of benzene rings is 2. The van der Waals surface area contributed by atoms with Crippen molar-refractivity contribution < 1.29 is 36.9 Å². The van der Waals surface area contributed by atoms with Crippen molar-refractivity contribution in [1.29, 1.82) is 0 Å². The molecule has 1 N–H and O–H groups in total. The van der Waals surface area contributed by atoms with Crippen LogP contribution in [0.4, 0.5) is 13.2 Å². The molecule has 0 atom stereocenters. The molecule has 0 unspecified atom stereocenters. The molecule has 0 aliphatic carbocycles. The number of amides is 1. The van der Waals surface area contributed by atoms with Gasteiger partial charge < -0.3 is 24.3 Å². The van der Waals surface area contributed by atoms with Gasteiger partial charge in [-0.1, -0.05) is 18.2 Å². The highest BCUT2D eigenvalue weighted by atomic mass is 19.4. The smallest absolute Gasteiger partial charge is 0.486 e. The summed E-state index contributed by atoms with van der Waals surface area (Å²) < 4.78 is 58.6. The maximum atomic E-state index is 13.2. The van der Waals surface area contributed by atoms with E-state index in [4.69, 9.17) is 14.2 Å². The molecule has 0 bridgehead atoms. The first kappa shape index (κ1) is 20.3. The molecule has 6 nitrogen and oxygen atoms in total. The van der Waals surface area contributed by atoms with E-state index in [0.29, 0.717) is 61.9 Å². The number of carbonyl (C=O) groups excluding carboxylic acids is 1. The maximum Gasteiger partial charge on any atom is 0.573 e. The summed E-state index contributed by atoms with van der Waals surface area (Å²) in [7, 11) is 0. The first-order valence-corrected chi connectivity index (χ1v) is 9.51. The second-order valence-corrected chi connectivity index (χ2v) is 7.05. The van der Waals surface area contributed by atoms with Crippen LogP contribution in [0.3, 0.4) is 0 Å². The average molecular weight is 423 g/mol. The monoisotopic (exact) mass is 423 g/mol. The number of nitrogens with one attached hydrogen (secondary N) is 1. The average Bonchev–Trinajstić information content (AvgIpc) is 2.73. The second-order valence-electron chi connectivity index (χ2n) is 7.05. The molecule has 1 saturated heterocycles. The van der Waals surface area contributed by atoms with E-state index in [9.17, 15) is 18.0 Å². The molecule has 1 amide bonds. The van der Waals surface area contributed by atoms with Crippen molar-refractivity contribution in [3.8, 4) is 17.2 Å². The summed E-state index contributed by atoms with van der Waals surface area (Å²) in [6, 6.07) is 10.7. The summed E-state index contributed by atoms with van der Waals surface area (Å²) in [5, 5.41) is 3.01. The molecule has 1 fully saturated rings. The topological polar surface area (TPSA) is 66.0 Å². The van der Waals surface area contributed by atoms with Crippen LogP contribution in [0, 0.1) is 0 Å². The number of fused-ring (bicyclic) bond motifs is 1. The molecule has 4 rings (SSSR count). The van der Waals surface area contributed by atoms with Crippen LogP contribution < -0.4 is 19.5 Å². The van der Waals surface area contributed by atoms with Gasteiger partial charge in [0.15, 0.2) is 11.5 Å². The van der Waals surface area contributed by atoms with Crippen LogP contribution >= 0.6 is 0 Å². The van der Waals surface area contributed by atoms with Gasteiger partial charge in [0.2, 0.25) is 0 Å². The highest BCUT2D eigenvalue weighted by Gasteiger charge is 2.38.